The summed E-state index contributed by atoms with van der Waals surface area (Å²) >= 11 is 0. The van der Waals surface area contributed by atoms with Gasteiger partial charge in [0.2, 0.25) is 10.0 Å². The van der Waals surface area contributed by atoms with Gasteiger partial charge in [0.25, 0.3) is 0 Å². The second-order valence-electron chi connectivity index (χ2n) is 7.34. The molecule has 120 valence electrons. The number of carbonyl (C=O) groups is 1. The first-order valence-corrected chi connectivity index (χ1v) is 9.66. The van der Waals surface area contributed by atoms with E-state index in [-0.39, 0.29) is 11.2 Å². The van der Waals surface area contributed by atoms with Gasteiger partial charge in [-0.15, -0.1) is 0 Å². The first-order chi connectivity index (χ1) is 9.83. The molecule has 2 bridgehead atoms. The molecule has 2 aliphatic carbocycles. The van der Waals surface area contributed by atoms with E-state index in [1.54, 1.807) is 6.92 Å². The van der Waals surface area contributed by atoms with Crippen molar-refractivity contribution in [3.63, 3.8) is 0 Å². The molecule has 0 spiro atoms. The highest BCUT2D eigenvalue weighted by atomic mass is 32.2. The molecule has 0 unspecified atom stereocenters. The van der Waals surface area contributed by atoms with Gasteiger partial charge in [-0.3, -0.25) is 4.79 Å². The van der Waals surface area contributed by atoms with E-state index >= 15 is 0 Å². The van der Waals surface area contributed by atoms with Crippen molar-refractivity contribution in [1.82, 2.24) is 4.31 Å². The van der Waals surface area contributed by atoms with Crippen LogP contribution in [-0.4, -0.2) is 42.1 Å². The first-order valence-electron chi connectivity index (χ1n) is 8.05. The van der Waals surface area contributed by atoms with Crippen molar-refractivity contribution in [2.75, 3.05) is 12.3 Å². The van der Waals surface area contributed by atoms with Crippen LogP contribution in [0, 0.1) is 17.3 Å². The number of hydrogen-bond acceptors (Lipinski definition) is 3. The largest absolute Gasteiger partial charge is 0.481 e. The predicted molar refractivity (Wildman–Crippen MR) is 79.3 cm³/mol. The minimum atomic E-state index is -3.36. The number of piperidine rings is 1. The lowest BCUT2D eigenvalue weighted by Crippen LogP contribution is -2.51. The van der Waals surface area contributed by atoms with Crippen LogP contribution >= 0.6 is 0 Å². The van der Waals surface area contributed by atoms with Crippen LogP contribution in [0.15, 0.2) is 0 Å². The van der Waals surface area contributed by atoms with Crippen LogP contribution in [0.2, 0.25) is 0 Å². The Morgan fingerprint density at radius 2 is 1.95 bits per heavy atom. The summed E-state index contributed by atoms with van der Waals surface area (Å²) in [6.07, 6.45) is 6.68. The van der Waals surface area contributed by atoms with Gasteiger partial charge in [0.05, 0.1) is 11.7 Å². The topological polar surface area (TPSA) is 74.7 Å². The smallest absolute Gasteiger partial charge is 0.308 e. The van der Waals surface area contributed by atoms with Gasteiger partial charge in [-0.25, -0.2) is 8.42 Å². The lowest BCUT2D eigenvalue weighted by Gasteiger charge is -2.38. The summed E-state index contributed by atoms with van der Waals surface area (Å²) in [4.78, 5) is 11.3. The summed E-state index contributed by atoms with van der Waals surface area (Å²) < 4.78 is 27.2. The Hall–Kier alpha value is -0.620. The predicted octanol–water partition coefficient (Wildman–Crippen LogP) is 2.08. The van der Waals surface area contributed by atoms with Crippen LogP contribution < -0.4 is 0 Å². The third-order valence-electron chi connectivity index (χ3n) is 5.98. The number of carboxylic acid groups (broad SMARTS) is 1. The van der Waals surface area contributed by atoms with Crippen LogP contribution in [0.5, 0.6) is 0 Å². The maximum Gasteiger partial charge on any atom is 0.308 e. The molecule has 0 radical (unpaired) electrons. The highest BCUT2D eigenvalue weighted by Gasteiger charge is 2.49. The zero-order valence-electron chi connectivity index (χ0n) is 12.6. The number of rotatable bonds is 4. The molecular formula is C15H25NO4S. The molecule has 1 saturated heterocycles. The van der Waals surface area contributed by atoms with Crippen molar-refractivity contribution in [2.24, 2.45) is 17.3 Å². The normalized spacial score (nSPS) is 40.5. The molecule has 1 aliphatic heterocycles. The third kappa shape index (κ3) is 2.72. The van der Waals surface area contributed by atoms with Crippen molar-refractivity contribution in [3.05, 3.63) is 0 Å². The molecule has 2 saturated carbocycles. The molecule has 0 amide bonds. The van der Waals surface area contributed by atoms with E-state index in [1.165, 1.54) is 17.1 Å². The Balaban J connectivity index is 1.76. The molecule has 1 N–H and O–H groups in total. The summed E-state index contributed by atoms with van der Waals surface area (Å²) in [5.41, 5.74) is -0.0145. The van der Waals surface area contributed by atoms with Crippen molar-refractivity contribution < 1.29 is 18.3 Å². The highest BCUT2D eigenvalue weighted by Crippen LogP contribution is 2.55. The second-order valence-corrected chi connectivity index (χ2v) is 9.26. The number of fused-ring (bicyclic) bond motifs is 2. The number of carboxylic acids is 1. The lowest BCUT2D eigenvalue weighted by molar-refractivity contribution is -0.144. The van der Waals surface area contributed by atoms with Gasteiger partial charge in [0, 0.05) is 12.6 Å². The molecule has 6 heteroatoms. The molecule has 3 fully saturated rings. The van der Waals surface area contributed by atoms with E-state index in [0.29, 0.717) is 19.4 Å². The van der Waals surface area contributed by atoms with E-state index in [2.05, 4.69) is 0 Å². The minimum absolute atomic E-state index is 0.0145. The molecule has 3 aliphatic rings. The van der Waals surface area contributed by atoms with Crippen LogP contribution in [-0.2, 0) is 14.8 Å². The summed E-state index contributed by atoms with van der Waals surface area (Å²) in [5, 5.41) is 9.26. The zero-order chi connectivity index (χ0) is 15.3. The Morgan fingerprint density at radius 3 is 2.48 bits per heavy atom. The Morgan fingerprint density at radius 1 is 1.29 bits per heavy atom. The third-order valence-corrected chi connectivity index (χ3v) is 8.19. The van der Waals surface area contributed by atoms with Gasteiger partial charge < -0.3 is 5.11 Å². The highest BCUT2D eigenvalue weighted by molar-refractivity contribution is 7.89. The summed E-state index contributed by atoms with van der Waals surface area (Å²) in [7, 11) is -3.36. The van der Waals surface area contributed by atoms with Gasteiger partial charge in [0.1, 0.15) is 0 Å². The monoisotopic (exact) mass is 315 g/mol. The molecule has 0 aromatic rings. The molecule has 0 aromatic heterocycles. The van der Waals surface area contributed by atoms with Crippen molar-refractivity contribution in [2.45, 2.75) is 57.9 Å². The van der Waals surface area contributed by atoms with Gasteiger partial charge in [-0.1, -0.05) is 0 Å². The Labute approximate surface area is 126 Å². The fourth-order valence-corrected chi connectivity index (χ4v) is 7.23. The Kier molecular flexibility index (Phi) is 3.81. The summed E-state index contributed by atoms with van der Waals surface area (Å²) in [6.45, 7) is 2.23. The van der Waals surface area contributed by atoms with Crippen LogP contribution in [0.3, 0.4) is 0 Å². The van der Waals surface area contributed by atoms with Crippen LogP contribution in [0.25, 0.3) is 0 Å². The number of sulfonamides is 1. The minimum Gasteiger partial charge on any atom is -0.481 e. The fraction of sp³-hybridized carbons (Fsp3) is 0.933. The summed E-state index contributed by atoms with van der Waals surface area (Å²) in [5.74, 6) is -0.480. The lowest BCUT2D eigenvalue weighted by atomic mass is 9.87. The first kappa shape index (κ1) is 15.3. The molecule has 21 heavy (non-hydrogen) atoms. The Bertz CT molecular complexity index is 522. The number of aliphatic carboxylic acids is 1. The van der Waals surface area contributed by atoms with E-state index < -0.39 is 28.0 Å². The quantitative estimate of drug-likeness (QED) is 0.862. The molecule has 2 atom stereocenters. The van der Waals surface area contributed by atoms with E-state index in [4.69, 9.17) is 0 Å². The maximum absolute atomic E-state index is 12.8. The van der Waals surface area contributed by atoms with E-state index in [1.807, 2.05) is 0 Å². The van der Waals surface area contributed by atoms with Gasteiger partial charge in [-0.2, -0.15) is 4.31 Å². The van der Waals surface area contributed by atoms with Crippen molar-refractivity contribution in [3.8, 4) is 0 Å². The summed E-state index contributed by atoms with van der Waals surface area (Å²) in [6, 6.07) is -0.420. The molecule has 1 heterocycles. The number of nitrogens with zero attached hydrogens (tertiary/aromatic N) is 1. The van der Waals surface area contributed by atoms with Crippen molar-refractivity contribution in [1.29, 1.82) is 0 Å². The van der Waals surface area contributed by atoms with Crippen molar-refractivity contribution >= 4 is 16.0 Å². The second kappa shape index (κ2) is 5.23. The number of hydrogen-bond donors (Lipinski definition) is 1. The van der Waals surface area contributed by atoms with Gasteiger partial charge in [0.15, 0.2) is 0 Å². The standard InChI is InChI=1S/C15H25NO4S/c1-11-13(14(17)18)3-2-8-16(11)21(19,20)10-15-6-4-12(9-15)5-7-15/h11-13H,2-10H2,1H3,(H,17,18)/t11-,12?,13-,15?/m1/s1. The van der Waals surface area contributed by atoms with Gasteiger partial charge in [-0.05, 0) is 63.2 Å². The van der Waals surface area contributed by atoms with Crippen LogP contribution in [0.1, 0.15) is 51.9 Å². The maximum atomic E-state index is 12.8. The van der Waals surface area contributed by atoms with E-state index in [0.717, 1.165) is 25.2 Å². The van der Waals surface area contributed by atoms with E-state index in [9.17, 15) is 18.3 Å². The fourth-order valence-electron chi connectivity index (χ4n) is 4.82. The molecule has 0 aromatic carbocycles. The zero-order valence-corrected chi connectivity index (χ0v) is 13.4. The molecule has 3 rings (SSSR count). The van der Waals surface area contributed by atoms with Crippen LogP contribution in [0.4, 0.5) is 0 Å². The molecule has 5 nitrogen and oxygen atoms in total. The van der Waals surface area contributed by atoms with Gasteiger partial charge >= 0.3 is 5.97 Å². The average Bonchev–Trinajstić information content (AvgIpc) is 2.97. The SMILES string of the molecule is C[C@@H]1[C@H](C(=O)O)CCCN1S(=O)(=O)CC12CCC(CC1)C2. The average molecular weight is 315 g/mol. The molecular weight excluding hydrogens is 290 g/mol.